The first-order valence-corrected chi connectivity index (χ1v) is 13.5. The lowest BCUT2D eigenvalue weighted by atomic mass is 9.96. The van der Waals surface area contributed by atoms with Gasteiger partial charge in [0.25, 0.3) is 0 Å². The average Bonchev–Trinajstić information content (AvgIpc) is 3.00. The van der Waals surface area contributed by atoms with E-state index in [1.54, 1.807) is 0 Å². The highest BCUT2D eigenvalue weighted by Gasteiger charge is 2.54. The molecule has 4 saturated heterocycles. The summed E-state index contributed by atoms with van der Waals surface area (Å²) in [6, 6.07) is 0. The second kappa shape index (κ2) is 14.7. The van der Waals surface area contributed by atoms with Gasteiger partial charge in [-0.05, 0) is 0 Å². The summed E-state index contributed by atoms with van der Waals surface area (Å²) in [6.45, 7) is -2.92. The summed E-state index contributed by atoms with van der Waals surface area (Å²) in [5.41, 5.74) is 0. The Bertz CT molecular complexity index is 865. The zero-order valence-corrected chi connectivity index (χ0v) is 22.5. The first-order chi connectivity index (χ1) is 20.3. The topological polar surface area (TPSA) is 328 Å². The van der Waals surface area contributed by atoms with E-state index in [1.165, 1.54) is 0 Å². The molecule has 0 aliphatic carbocycles. The summed E-state index contributed by atoms with van der Waals surface area (Å²) in [6.07, 6.45) is -32.5. The lowest BCUT2D eigenvalue weighted by Gasteiger charge is -2.48. The Labute approximate surface area is 243 Å². The second-order valence-corrected chi connectivity index (χ2v) is 10.7. The minimum absolute atomic E-state index is 0.430. The molecule has 19 atom stereocenters. The Hall–Kier alpha value is -0.800. The molecule has 0 bridgehead atoms. The highest BCUT2D eigenvalue weighted by atomic mass is 16.8. The Balaban J connectivity index is 1.41. The van der Waals surface area contributed by atoms with Gasteiger partial charge in [-0.2, -0.15) is 0 Å². The molecule has 0 radical (unpaired) electrons. The van der Waals surface area contributed by atoms with E-state index in [2.05, 4.69) is 0 Å². The van der Waals surface area contributed by atoms with Crippen molar-refractivity contribution in [2.24, 2.45) is 0 Å². The summed E-state index contributed by atoms with van der Waals surface area (Å²) in [7, 11) is 0. The first-order valence-electron chi connectivity index (χ1n) is 13.5. The summed E-state index contributed by atoms with van der Waals surface area (Å²) in [5, 5.41) is 132. The molecule has 20 nitrogen and oxygen atoms in total. The fraction of sp³-hybridized carbons (Fsp3) is 1.00. The third-order valence-electron chi connectivity index (χ3n) is 7.84. The van der Waals surface area contributed by atoms with Gasteiger partial charge in [-0.1, -0.05) is 0 Å². The SMILES string of the molecule is OC[C@@H]1O[C@H](O[C@H]2[C@@H](O)[C@@H](O)[C@@H](O[C@H]3[C@@H](O)[C@@H](O)[C@@H](O[C@H]4CO[C@@H](O)[C@@H](O)[C@H]4O)O[C@H]3CO)O[C@H]2CO)[C@H](O)[C@H](O)[C@@H]1O. The summed E-state index contributed by atoms with van der Waals surface area (Å²) in [4.78, 5) is 0. The Morgan fingerprint density at radius 1 is 0.442 bits per heavy atom. The molecule has 4 rings (SSSR count). The van der Waals surface area contributed by atoms with Crippen LogP contribution in [0.15, 0.2) is 0 Å². The van der Waals surface area contributed by atoms with E-state index in [9.17, 15) is 66.4 Å². The number of ether oxygens (including phenoxy) is 7. The van der Waals surface area contributed by atoms with Crippen molar-refractivity contribution in [3.05, 3.63) is 0 Å². The van der Waals surface area contributed by atoms with Crippen molar-refractivity contribution in [1.82, 2.24) is 0 Å². The van der Waals surface area contributed by atoms with Crippen LogP contribution in [-0.4, -0.2) is 210 Å². The molecule has 4 fully saturated rings. The molecule has 20 heteroatoms. The lowest BCUT2D eigenvalue weighted by Crippen LogP contribution is -2.67. The quantitative estimate of drug-likeness (QED) is 0.112. The molecule has 0 aromatic carbocycles. The van der Waals surface area contributed by atoms with Gasteiger partial charge in [-0.15, -0.1) is 0 Å². The molecular formula is C23H40O20. The van der Waals surface area contributed by atoms with Crippen molar-refractivity contribution in [1.29, 1.82) is 0 Å². The van der Waals surface area contributed by atoms with Crippen molar-refractivity contribution in [2.45, 2.75) is 117 Å². The van der Waals surface area contributed by atoms with Crippen LogP contribution in [0.1, 0.15) is 0 Å². The Kier molecular flexibility index (Phi) is 12.0. The largest absolute Gasteiger partial charge is 0.394 e. The molecule has 0 spiro atoms. The highest BCUT2D eigenvalue weighted by Crippen LogP contribution is 2.33. The van der Waals surface area contributed by atoms with Gasteiger partial charge in [0.15, 0.2) is 25.2 Å². The van der Waals surface area contributed by atoms with Gasteiger partial charge in [0.1, 0.15) is 91.6 Å². The summed E-state index contributed by atoms with van der Waals surface area (Å²) >= 11 is 0. The molecular weight excluding hydrogens is 596 g/mol. The van der Waals surface area contributed by atoms with E-state index in [0.717, 1.165) is 0 Å². The highest BCUT2D eigenvalue weighted by molar-refractivity contribution is 4.97. The van der Waals surface area contributed by atoms with Crippen LogP contribution in [-0.2, 0) is 33.2 Å². The van der Waals surface area contributed by atoms with Gasteiger partial charge in [-0.3, -0.25) is 0 Å². The number of aliphatic hydroxyl groups is 13. The fourth-order valence-electron chi connectivity index (χ4n) is 5.23. The molecule has 4 heterocycles. The van der Waals surface area contributed by atoms with Crippen LogP contribution in [0.2, 0.25) is 0 Å². The number of aliphatic hydroxyl groups excluding tert-OH is 13. The molecule has 4 aliphatic heterocycles. The van der Waals surface area contributed by atoms with Crippen molar-refractivity contribution >= 4 is 0 Å². The van der Waals surface area contributed by atoms with E-state index in [-0.39, 0.29) is 0 Å². The van der Waals surface area contributed by atoms with Crippen LogP contribution >= 0.6 is 0 Å². The zero-order chi connectivity index (χ0) is 31.7. The van der Waals surface area contributed by atoms with Crippen LogP contribution in [0.4, 0.5) is 0 Å². The maximum absolute atomic E-state index is 10.8. The van der Waals surface area contributed by atoms with Crippen LogP contribution in [0.5, 0.6) is 0 Å². The fourth-order valence-corrected chi connectivity index (χ4v) is 5.23. The molecule has 43 heavy (non-hydrogen) atoms. The smallest absolute Gasteiger partial charge is 0.187 e. The van der Waals surface area contributed by atoms with Gasteiger partial charge in [0, 0.05) is 0 Å². The Morgan fingerprint density at radius 3 is 1.33 bits per heavy atom. The zero-order valence-electron chi connectivity index (χ0n) is 22.5. The van der Waals surface area contributed by atoms with Crippen molar-refractivity contribution in [2.75, 3.05) is 26.4 Å². The van der Waals surface area contributed by atoms with Crippen LogP contribution in [0, 0.1) is 0 Å². The number of rotatable bonds is 9. The van der Waals surface area contributed by atoms with E-state index in [1.807, 2.05) is 0 Å². The van der Waals surface area contributed by atoms with Crippen LogP contribution in [0.3, 0.4) is 0 Å². The molecule has 4 aliphatic rings. The maximum Gasteiger partial charge on any atom is 0.187 e. The normalized spacial score (nSPS) is 53.1. The molecule has 13 N–H and O–H groups in total. The van der Waals surface area contributed by atoms with Gasteiger partial charge in [0.2, 0.25) is 0 Å². The van der Waals surface area contributed by atoms with Crippen LogP contribution in [0.25, 0.3) is 0 Å². The first kappa shape index (κ1) is 35.1. The summed E-state index contributed by atoms with van der Waals surface area (Å²) in [5.74, 6) is 0. The molecule has 0 amide bonds. The summed E-state index contributed by atoms with van der Waals surface area (Å²) < 4.78 is 37.5. The number of hydrogen-bond acceptors (Lipinski definition) is 20. The van der Waals surface area contributed by atoms with Gasteiger partial charge < -0.3 is 99.5 Å². The number of hydrogen-bond donors (Lipinski definition) is 13. The van der Waals surface area contributed by atoms with E-state index in [0.29, 0.717) is 0 Å². The third-order valence-corrected chi connectivity index (χ3v) is 7.84. The van der Waals surface area contributed by atoms with Crippen molar-refractivity contribution in [3.8, 4) is 0 Å². The molecule has 0 unspecified atom stereocenters. The molecule has 0 aromatic heterocycles. The second-order valence-electron chi connectivity index (χ2n) is 10.7. The van der Waals surface area contributed by atoms with Crippen molar-refractivity contribution < 1.29 is 99.5 Å². The minimum atomic E-state index is -1.99. The predicted molar refractivity (Wildman–Crippen MR) is 128 cm³/mol. The molecule has 0 saturated carbocycles. The van der Waals surface area contributed by atoms with Gasteiger partial charge in [0.05, 0.1) is 26.4 Å². The molecule has 252 valence electrons. The van der Waals surface area contributed by atoms with E-state index >= 15 is 0 Å². The molecule has 0 aromatic rings. The van der Waals surface area contributed by atoms with E-state index < -0.39 is 143 Å². The Morgan fingerprint density at radius 2 is 0.860 bits per heavy atom. The monoisotopic (exact) mass is 636 g/mol. The average molecular weight is 637 g/mol. The predicted octanol–water partition coefficient (Wildman–Crippen LogP) is -9.11. The van der Waals surface area contributed by atoms with Crippen LogP contribution < -0.4 is 0 Å². The third kappa shape index (κ3) is 7.13. The van der Waals surface area contributed by atoms with Gasteiger partial charge in [-0.25, -0.2) is 0 Å². The minimum Gasteiger partial charge on any atom is -0.394 e. The van der Waals surface area contributed by atoms with Gasteiger partial charge >= 0.3 is 0 Å². The van der Waals surface area contributed by atoms with E-state index in [4.69, 9.17) is 33.2 Å². The standard InChI is InChI=1S/C23H40O20/c24-1-5-9(27)11(29)15(33)22(38-5)42-19-7(3-26)40-23(17(35)13(19)31)43-18-6(2-25)39-21(16(34)12(18)30)41-8-4-37-20(36)14(32)10(8)28/h5-36H,1-4H2/t5-,6-,7-,8-,9+,10-,11+,12-,13-,14-,15+,16+,17+,18+,19+,20+,21+,22+,23+/m0/s1. The van der Waals surface area contributed by atoms with Crippen molar-refractivity contribution in [3.63, 3.8) is 0 Å². The lowest BCUT2D eigenvalue weighted by molar-refractivity contribution is -0.384. The maximum atomic E-state index is 10.8.